The van der Waals surface area contributed by atoms with E-state index in [1.54, 1.807) is 0 Å². The minimum atomic E-state index is 0. The first-order chi connectivity index (χ1) is 7.28. The fourth-order valence-electron chi connectivity index (χ4n) is 1.40. The number of benzene rings is 1. The smallest absolute Gasteiger partial charge is 0.193 e. The molecular weight excluding hydrogens is 313 g/mol. The summed E-state index contributed by atoms with van der Waals surface area (Å²) < 4.78 is 0. The number of nitrogens with one attached hydrogen (secondary N) is 1. The molecule has 2 rings (SSSR count). The fraction of sp³-hybridized carbons (Fsp3) is 0.417. The average molecular weight is 331 g/mol. The molecule has 0 amide bonds. The maximum Gasteiger partial charge on any atom is 0.193 e. The first kappa shape index (κ1) is 13.3. The summed E-state index contributed by atoms with van der Waals surface area (Å²) in [6, 6.07) is 8.74. The topological polar surface area (TPSA) is 50.4 Å². The molecule has 1 aromatic carbocycles. The van der Waals surface area contributed by atoms with Crippen LogP contribution in [-0.4, -0.2) is 12.0 Å². The van der Waals surface area contributed by atoms with E-state index in [0.29, 0.717) is 12.0 Å². The van der Waals surface area contributed by atoms with Crippen LogP contribution in [0.1, 0.15) is 25.3 Å². The zero-order chi connectivity index (χ0) is 10.7. The quantitative estimate of drug-likeness (QED) is 0.508. The number of hydrogen-bond donors (Lipinski definition) is 2. The van der Waals surface area contributed by atoms with Crippen molar-refractivity contribution in [2.75, 3.05) is 5.32 Å². The van der Waals surface area contributed by atoms with Gasteiger partial charge < -0.3 is 11.1 Å². The molecule has 1 aromatic rings. The van der Waals surface area contributed by atoms with Crippen LogP contribution >= 0.6 is 24.0 Å². The van der Waals surface area contributed by atoms with Crippen LogP contribution in [0, 0.1) is 0 Å². The molecule has 1 aliphatic rings. The zero-order valence-electron chi connectivity index (χ0n) is 9.44. The molecular formula is C12H18IN3. The normalized spacial score (nSPS) is 15.4. The van der Waals surface area contributed by atoms with Crippen LogP contribution in [-0.2, 0) is 6.42 Å². The molecule has 88 valence electrons. The number of hydrogen-bond acceptors (Lipinski definition) is 1. The number of nitrogens with zero attached hydrogens (tertiary/aromatic N) is 1. The highest BCUT2D eigenvalue weighted by molar-refractivity contribution is 14.0. The van der Waals surface area contributed by atoms with Crippen molar-refractivity contribution in [3.05, 3.63) is 29.8 Å². The average Bonchev–Trinajstić information content (AvgIpc) is 3.03. The first-order valence-corrected chi connectivity index (χ1v) is 5.47. The summed E-state index contributed by atoms with van der Waals surface area (Å²) in [4.78, 5) is 4.31. The van der Waals surface area contributed by atoms with E-state index in [4.69, 9.17) is 5.73 Å². The maximum atomic E-state index is 5.76. The van der Waals surface area contributed by atoms with Gasteiger partial charge in [-0.2, -0.15) is 0 Å². The van der Waals surface area contributed by atoms with Gasteiger partial charge in [-0.15, -0.1) is 24.0 Å². The van der Waals surface area contributed by atoms with Gasteiger partial charge in [0, 0.05) is 5.69 Å². The minimum Gasteiger partial charge on any atom is -0.370 e. The van der Waals surface area contributed by atoms with Crippen molar-refractivity contribution >= 4 is 35.6 Å². The van der Waals surface area contributed by atoms with Crippen molar-refractivity contribution < 1.29 is 0 Å². The summed E-state index contributed by atoms with van der Waals surface area (Å²) in [6.45, 7) is 2.14. The summed E-state index contributed by atoms with van der Waals surface area (Å²) in [6.07, 6.45) is 3.42. The number of guanidine groups is 1. The highest BCUT2D eigenvalue weighted by atomic mass is 127. The molecule has 0 radical (unpaired) electrons. The molecule has 3 nitrogen and oxygen atoms in total. The molecule has 0 saturated heterocycles. The highest BCUT2D eigenvalue weighted by Gasteiger charge is 2.20. The first-order valence-electron chi connectivity index (χ1n) is 5.47. The van der Waals surface area contributed by atoms with Gasteiger partial charge in [0.05, 0.1) is 6.04 Å². The van der Waals surface area contributed by atoms with Crippen molar-refractivity contribution in [2.24, 2.45) is 10.7 Å². The lowest BCUT2D eigenvalue weighted by Crippen LogP contribution is -2.22. The Hall–Kier alpha value is -0.780. The molecule has 3 N–H and O–H groups in total. The standard InChI is InChI=1S/C12H17N3.HI/c1-2-9-3-5-10(6-4-9)14-12(13)15-11-7-8-11;/h3-6,11H,2,7-8H2,1H3,(H3,13,14,15);1H. The van der Waals surface area contributed by atoms with Gasteiger partial charge in [-0.05, 0) is 37.0 Å². The largest absolute Gasteiger partial charge is 0.370 e. The second-order valence-corrected chi connectivity index (χ2v) is 3.92. The van der Waals surface area contributed by atoms with Crippen molar-refractivity contribution in [3.8, 4) is 0 Å². The Bertz CT molecular complexity index is 355. The maximum absolute atomic E-state index is 5.76. The van der Waals surface area contributed by atoms with E-state index >= 15 is 0 Å². The fourth-order valence-corrected chi connectivity index (χ4v) is 1.40. The molecule has 16 heavy (non-hydrogen) atoms. The number of halogens is 1. The van der Waals surface area contributed by atoms with E-state index in [-0.39, 0.29) is 24.0 Å². The van der Waals surface area contributed by atoms with Crippen LogP contribution in [0.5, 0.6) is 0 Å². The van der Waals surface area contributed by atoms with Crippen molar-refractivity contribution in [1.29, 1.82) is 0 Å². The van der Waals surface area contributed by atoms with Gasteiger partial charge >= 0.3 is 0 Å². The number of aryl methyl sites for hydroxylation is 1. The lowest BCUT2D eigenvalue weighted by Gasteiger charge is -2.05. The zero-order valence-corrected chi connectivity index (χ0v) is 11.8. The van der Waals surface area contributed by atoms with E-state index in [1.807, 2.05) is 12.1 Å². The Kier molecular flexibility index (Phi) is 5.05. The Morgan fingerprint density at radius 2 is 2.00 bits per heavy atom. The molecule has 0 heterocycles. The van der Waals surface area contributed by atoms with Crippen LogP contribution in [0.3, 0.4) is 0 Å². The number of rotatable bonds is 3. The second kappa shape index (κ2) is 6.08. The van der Waals surface area contributed by atoms with Crippen LogP contribution in [0.2, 0.25) is 0 Å². The van der Waals surface area contributed by atoms with Gasteiger partial charge in [0.25, 0.3) is 0 Å². The predicted octanol–water partition coefficient (Wildman–Crippen LogP) is 2.76. The van der Waals surface area contributed by atoms with Gasteiger partial charge in [0.2, 0.25) is 0 Å². The highest BCUT2D eigenvalue weighted by Crippen LogP contribution is 2.23. The molecule has 0 atom stereocenters. The van der Waals surface area contributed by atoms with Gasteiger partial charge in [0.15, 0.2) is 5.96 Å². The summed E-state index contributed by atoms with van der Waals surface area (Å²) >= 11 is 0. The summed E-state index contributed by atoms with van der Waals surface area (Å²) in [5.41, 5.74) is 8.10. The van der Waals surface area contributed by atoms with Crippen molar-refractivity contribution in [3.63, 3.8) is 0 Å². The van der Waals surface area contributed by atoms with Crippen molar-refractivity contribution in [2.45, 2.75) is 32.2 Å². The van der Waals surface area contributed by atoms with Gasteiger partial charge in [-0.25, -0.2) is 4.99 Å². The van der Waals surface area contributed by atoms with E-state index in [0.717, 1.165) is 12.1 Å². The van der Waals surface area contributed by atoms with Crippen LogP contribution in [0.15, 0.2) is 29.3 Å². The summed E-state index contributed by atoms with van der Waals surface area (Å²) in [5.74, 6) is 0.529. The van der Waals surface area contributed by atoms with Crippen molar-refractivity contribution in [1.82, 2.24) is 0 Å². The molecule has 0 spiro atoms. The third-order valence-electron chi connectivity index (χ3n) is 2.50. The lowest BCUT2D eigenvalue weighted by atomic mass is 10.1. The van der Waals surface area contributed by atoms with Crippen LogP contribution in [0.4, 0.5) is 5.69 Å². The van der Waals surface area contributed by atoms with E-state index < -0.39 is 0 Å². The Balaban J connectivity index is 0.00000128. The Morgan fingerprint density at radius 1 is 1.38 bits per heavy atom. The van der Waals surface area contributed by atoms with Gasteiger partial charge in [-0.3, -0.25) is 0 Å². The van der Waals surface area contributed by atoms with Crippen LogP contribution in [0.25, 0.3) is 0 Å². The molecule has 0 bridgehead atoms. The molecule has 1 saturated carbocycles. The second-order valence-electron chi connectivity index (χ2n) is 3.92. The molecule has 1 aliphatic carbocycles. The molecule has 0 aromatic heterocycles. The third kappa shape index (κ3) is 4.00. The Labute approximate surface area is 114 Å². The van der Waals surface area contributed by atoms with Gasteiger partial charge in [-0.1, -0.05) is 19.1 Å². The SMILES string of the molecule is CCc1ccc(NC(N)=NC2CC2)cc1.I. The summed E-state index contributed by atoms with van der Waals surface area (Å²) in [7, 11) is 0. The Morgan fingerprint density at radius 3 is 2.50 bits per heavy atom. The number of anilines is 1. The van der Waals surface area contributed by atoms with Crippen LogP contribution < -0.4 is 11.1 Å². The molecule has 0 unspecified atom stereocenters. The minimum absolute atomic E-state index is 0. The van der Waals surface area contributed by atoms with E-state index in [2.05, 4.69) is 29.4 Å². The van der Waals surface area contributed by atoms with Gasteiger partial charge in [0.1, 0.15) is 0 Å². The summed E-state index contributed by atoms with van der Waals surface area (Å²) in [5, 5.41) is 3.09. The molecule has 4 heteroatoms. The van der Waals surface area contributed by atoms with E-state index in [9.17, 15) is 0 Å². The monoisotopic (exact) mass is 331 g/mol. The van der Waals surface area contributed by atoms with E-state index in [1.165, 1.54) is 18.4 Å². The molecule has 1 fully saturated rings. The number of nitrogens with two attached hydrogens (primary N) is 1. The third-order valence-corrected chi connectivity index (χ3v) is 2.50. The molecule has 0 aliphatic heterocycles. The number of aliphatic imine (C=N–C) groups is 1. The lowest BCUT2D eigenvalue weighted by molar-refractivity contribution is 1.06. The predicted molar refractivity (Wildman–Crippen MR) is 79.5 cm³/mol.